The van der Waals surface area contributed by atoms with Gasteiger partial charge in [-0.1, -0.05) is 41.9 Å². The zero-order valence-corrected chi connectivity index (χ0v) is 16.0. The van der Waals surface area contributed by atoms with Gasteiger partial charge in [-0.25, -0.2) is 4.39 Å². The van der Waals surface area contributed by atoms with Gasteiger partial charge in [-0.05, 0) is 48.2 Å². The van der Waals surface area contributed by atoms with Crippen LogP contribution < -0.4 is 10.6 Å². The summed E-state index contributed by atoms with van der Waals surface area (Å²) in [5, 5.41) is 6.75. The van der Waals surface area contributed by atoms with Crippen LogP contribution in [-0.2, 0) is 12.8 Å². The maximum absolute atomic E-state index is 13.6. The summed E-state index contributed by atoms with van der Waals surface area (Å²) >= 11 is 5.97. The molecule has 0 saturated heterocycles. The molecule has 0 bridgehead atoms. The fourth-order valence-electron chi connectivity index (χ4n) is 2.82. The van der Waals surface area contributed by atoms with E-state index in [0.717, 1.165) is 11.3 Å². The maximum Gasteiger partial charge on any atom is 0.252 e. The Balaban J connectivity index is 1.49. The first-order chi connectivity index (χ1) is 13.6. The SMILES string of the molecule is O=C(NCCc1cccc(Cl)c1)c1cncc(NCCc2ccccc2F)c1. The van der Waals surface area contributed by atoms with Gasteiger partial charge in [0.15, 0.2) is 0 Å². The predicted octanol–water partition coefficient (Wildman–Crippen LogP) is 4.50. The van der Waals surface area contributed by atoms with Gasteiger partial charge in [-0.15, -0.1) is 0 Å². The number of nitrogens with one attached hydrogen (secondary N) is 2. The summed E-state index contributed by atoms with van der Waals surface area (Å²) < 4.78 is 13.6. The molecule has 144 valence electrons. The summed E-state index contributed by atoms with van der Waals surface area (Å²) in [7, 11) is 0. The van der Waals surface area contributed by atoms with Gasteiger partial charge < -0.3 is 10.6 Å². The van der Waals surface area contributed by atoms with E-state index >= 15 is 0 Å². The van der Waals surface area contributed by atoms with Gasteiger partial charge in [0.2, 0.25) is 0 Å². The molecular formula is C22H21ClFN3O. The number of halogens is 2. The molecule has 2 aromatic carbocycles. The molecule has 0 radical (unpaired) electrons. The minimum Gasteiger partial charge on any atom is -0.383 e. The maximum atomic E-state index is 13.6. The Morgan fingerprint density at radius 2 is 1.86 bits per heavy atom. The summed E-state index contributed by atoms with van der Waals surface area (Å²) in [6.07, 6.45) is 4.41. The van der Waals surface area contributed by atoms with E-state index in [1.165, 1.54) is 12.3 Å². The molecule has 1 heterocycles. The molecule has 0 fully saturated rings. The van der Waals surface area contributed by atoms with Crippen LogP contribution in [0.1, 0.15) is 21.5 Å². The third-order valence-corrected chi connectivity index (χ3v) is 4.51. The highest BCUT2D eigenvalue weighted by molar-refractivity contribution is 6.30. The highest BCUT2D eigenvalue weighted by Crippen LogP contribution is 2.12. The molecule has 4 nitrogen and oxygen atoms in total. The van der Waals surface area contributed by atoms with Crippen LogP contribution in [0.2, 0.25) is 5.02 Å². The molecule has 6 heteroatoms. The van der Waals surface area contributed by atoms with Crippen LogP contribution in [0.3, 0.4) is 0 Å². The van der Waals surface area contributed by atoms with Crippen LogP contribution in [0.4, 0.5) is 10.1 Å². The Morgan fingerprint density at radius 1 is 1.00 bits per heavy atom. The Hall–Kier alpha value is -2.92. The van der Waals surface area contributed by atoms with Crippen molar-refractivity contribution in [3.8, 4) is 0 Å². The van der Waals surface area contributed by atoms with E-state index in [4.69, 9.17) is 11.6 Å². The van der Waals surface area contributed by atoms with Crippen LogP contribution in [-0.4, -0.2) is 24.0 Å². The topological polar surface area (TPSA) is 54.0 Å². The Kier molecular flexibility index (Phi) is 6.98. The molecule has 0 aliphatic carbocycles. The molecule has 0 aliphatic rings. The van der Waals surface area contributed by atoms with Crippen LogP contribution in [0.25, 0.3) is 0 Å². The standard InChI is InChI=1S/C22H21ClFN3O/c23-19-6-3-4-16(12-19)8-10-27-22(28)18-13-20(15-25-14-18)26-11-9-17-5-1-2-7-21(17)24/h1-7,12-15,26H,8-11H2,(H,27,28). The van der Waals surface area contributed by atoms with Crippen LogP contribution in [0.15, 0.2) is 67.0 Å². The van der Waals surface area contributed by atoms with Gasteiger partial charge in [-0.3, -0.25) is 9.78 Å². The summed E-state index contributed by atoms with van der Waals surface area (Å²) in [6.45, 7) is 1.05. The number of nitrogens with zero attached hydrogens (tertiary/aromatic N) is 1. The molecule has 1 aromatic heterocycles. The summed E-state index contributed by atoms with van der Waals surface area (Å²) in [4.78, 5) is 16.5. The molecule has 2 N–H and O–H groups in total. The number of hydrogen-bond donors (Lipinski definition) is 2. The molecule has 0 spiro atoms. The highest BCUT2D eigenvalue weighted by Gasteiger charge is 2.07. The Morgan fingerprint density at radius 3 is 2.68 bits per heavy atom. The van der Waals surface area contributed by atoms with Crippen molar-refractivity contribution in [2.75, 3.05) is 18.4 Å². The lowest BCUT2D eigenvalue weighted by Crippen LogP contribution is -2.26. The molecule has 0 saturated carbocycles. The number of amides is 1. The van der Waals surface area contributed by atoms with E-state index in [9.17, 15) is 9.18 Å². The van der Waals surface area contributed by atoms with Crippen molar-refractivity contribution in [1.82, 2.24) is 10.3 Å². The first kappa shape index (κ1) is 19.8. The van der Waals surface area contributed by atoms with E-state index in [1.807, 2.05) is 30.3 Å². The number of hydrogen-bond acceptors (Lipinski definition) is 3. The molecule has 0 unspecified atom stereocenters. The van der Waals surface area contributed by atoms with Crippen molar-refractivity contribution in [3.05, 3.63) is 94.5 Å². The van der Waals surface area contributed by atoms with E-state index in [0.29, 0.717) is 42.1 Å². The van der Waals surface area contributed by atoms with Crippen LogP contribution in [0, 0.1) is 5.82 Å². The molecule has 3 aromatic rings. The Labute approximate surface area is 168 Å². The second-order valence-electron chi connectivity index (χ2n) is 6.37. The molecule has 3 rings (SSSR count). The van der Waals surface area contributed by atoms with Crippen LogP contribution >= 0.6 is 11.6 Å². The molecule has 0 aliphatic heterocycles. The van der Waals surface area contributed by atoms with Crippen molar-refractivity contribution in [1.29, 1.82) is 0 Å². The second kappa shape index (κ2) is 9.85. The zero-order valence-electron chi connectivity index (χ0n) is 15.3. The van der Waals surface area contributed by atoms with Crippen molar-refractivity contribution in [3.63, 3.8) is 0 Å². The lowest BCUT2D eigenvalue weighted by Gasteiger charge is -2.09. The van der Waals surface area contributed by atoms with E-state index in [2.05, 4.69) is 15.6 Å². The predicted molar refractivity (Wildman–Crippen MR) is 110 cm³/mol. The van der Waals surface area contributed by atoms with Crippen molar-refractivity contribution < 1.29 is 9.18 Å². The van der Waals surface area contributed by atoms with Crippen molar-refractivity contribution in [2.45, 2.75) is 12.8 Å². The number of anilines is 1. The van der Waals surface area contributed by atoms with E-state index in [-0.39, 0.29) is 11.7 Å². The monoisotopic (exact) mass is 397 g/mol. The smallest absolute Gasteiger partial charge is 0.252 e. The fraction of sp³-hybridized carbons (Fsp3) is 0.182. The third-order valence-electron chi connectivity index (χ3n) is 4.27. The van der Waals surface area contributed by atoms with Crippen molar-refractivity contribution in [2.24, 2.45) is 0 Å². The molecule has 0 atom stereocenters. The van der Waals surface area contributed by atoms with E-state index < -0.39 is 0 Å². The highest BCUT2D eigenvalue weighted by atomic mass is 35.5. The third kappa shape index (κ3) is 5.79. The first-order valence-corrected chi connectivity index (χ1v) is 9.44. The first-order valence-electron chi connectivity index (χ1n) is 9.07. The normalized spacial score (nSPS) is 10.5. The van der Waals surface area contributed by atoms with Gasteiger partial charge in [0.1, 0.15) is 5.82 Å². The Bertz CT molecular complexity index is 948. The molecular weight excluding hydrogens is 377 g/mol. The summed E-state index contributed by atoms with van der Waals surface area (Å²) in [5.74, 6) is -0.400. The van der Waals surface area contributed by atoms with Gasteiger partial charge in [-0.2, -0.15) is 0 Å². The van der Waals surface area contributed by atoms with Gasteiger partial charge in [0.25, 0.3) is 5.91 Å². The largest absolute Gasteiger partial charge is 0.383 e. The number of aromatic nitrogens is 1. The summed E-state index contributed by atoms with van der Waals surface area (Å²) in [5.41, 5.74) is 2.91. The number of pyridine rings is 1. The molecule has 1 amide bonds. The van der Waals surface area contributed by atoms with Crippen molar-refractivity contribution >= 4 is 23.2 Å². The molecule has 28 heavy (non-hydrogen) atoms. The second-order valence-corrected chi connectivity index (χ2v) is 6.80. The minimum atomic E-state index is -0.213. The number of carbonyl (C=O) groups is 1. The summed E-state index contributed by atoms with van der Waals surface area (Å²) in [6, 6.07) is 16.0. The van der Waals surface area contributed by atoms with E-state index in [1.54, 1.807) is 24.4 Å². The lowest BCUT2D eigenvalue weighted by molar-refractivity contribution is 0.0954. The minimum absolute atomic E-state index is 0.188. The number of carbonyl (C=O) groups excluding carboxylic acids is 1. The zero-order chi connectivity index (χ0) is 19.8. The average molecular weight is 398 g/mol. The average Bonchev–Trinajstić information content (AvgIpc) is 2.70. The number of rotatable bonds is 8. The van der Waals surface area contributed by atoms with Crippen LogP contribution in [0.5, 0.6) is 0 Å². The number of benzene rings is 2. The quantitative estimate of drug-likeness (QED) is 0.588. The van der Waals surface area contributed by atoms with Gasteiger partial charge in [0, 0.05) is 30.5 Å². The van der Waals surface area contributed by atoms with Gasteiger partial charge >= 0.3 is 0 Å². The lowest BCUT2D eigenvalue weighted by atomic mass is 10.1. The fourth-order valence-corrected chi connectivity index (χ4v) is 3.03. The van der Waals surface area contributed by atoms with Gasteiger partial charge in [0.05, 0.1) is 11.3 Å².